The molecule has 0 saturated carbocycles. The van der Waals surface area contributed by atoms with Gasteiger partial charge in [0, 0.05) is 16.4 Å². The number of hydrogen-bond acceptors (Lipinski definition) is 2. The van der Waals surface area contributed by atoms with Crippen molar-refractivity contribution in [2.45, 2.75) is 19.9 Å². The Morgan fingerprint density at radius 3 is 2.54 bits per heavy atom. The van der Waals surface area contributed by atoms with Gasteiger partial charge < -0.3 is 10.6 Å². The van der Waals surface area contributed by atoms with E-state index in [1.165, 1.54) is 5.39 Å². The first-order valence-corrected chi connectivity index (χ1v) is 8.24. The molecule has 0 bridgehead atoms. The van der Waals surface area contributed by atoms with Crippen molar-refractivity contribution in [1.82, 2.24) is 0 Å². The molecule has 3 aromatic carbocycles. The van der Waals surface area contributed by atoms with E-state index >= 15 is 0 Å². The van der Waals surface area contributed by atoms with Crippen LogP contribution < -0.4 is 10.6 Å². The van der Waals surface area contributed by atoms with Crippen LogP contribution in [-0.4, -0.2) is 11.9 Å². The predicted molar refractivity (Wildman–Crippen MR) is 102 cm³/mol. The molecule has 1 amide bonds. The third-order valence-electron chi connectivity index (χ3n) is 4.05. The predicted octanol–water partition coefficient (Wildman–Crippen LogP) is 5.24. The first-order chi connectivity index (χ1) is 11.5. The monoisotopic (exact) mass is 338 g/mol. The van der Waals surface area contributed by atoms with Crippen LogP contribution in [0.25, 0.3) is 10.8 Å². The first kappa shape index (κ1) is 16.3. The maximum absolute atomic E-state index is 12.4. The number of hydrogen-bond donors (Lipinski definition) is 2. The topological polar surface area (TPSA) is 41.1 Å². The second kappa shape index (κ2) is 6.93. The van der Waals surface area contributed by atoms with Gasteiger partial charge in [-0.1, -0.05) is 48.0 Å². The fourth-order valence-electron chi connectivity index (χ4n) is 2.58. The number of amides is 1. The third kappa shape index (κ3) is 3.52. The molecule has 0 aliphatic heterocycles. The molecule has 0 spiro atoms. The number of nitrogens with one attached hydrogen (secondary N) is 2. The zero-order valence-corrected chi connectivity index (χ0v) is 14.4. The average Bonchev–Trinajstić information content (AvgIpc) is 2.58. The second-order valence-electron chi connectivity index (χ2n) is 5.83. The van der Waals surface area contributed by atoms with E-state index in [1.807, 2.05) is 62.4 Å². The third-order valence-corrected chi connectivity index (χ3v) is 4.46. The fraction of sp³-hybridized carbons (Fsp3) is 0.150. The average molecular weight is 339 g/mol. The smallest absolute Gasteiger partial charge is 0.246 e. The summed E-state index contributed by atoms with van der Waals surface area (Å²) < 4.78 is 0. The molecule has 0 aliphatic carbocycles. The Morgan fingerprint density at radius 1 is 1.00 bits per heavy atom. The summed E-state index contributed by atoms with van der Waals surface area (Å²) in [7, 11) is 0. The molecular weight excluding hydrogens is 320 g/mol. The van der Waals surface area contributed by atoms with Crippen LogP contribution in [0, 0.1) is 6.92 Å². The quantitative estimate of drug-likeness (QED) is 0.683. The highest BCUT2D eigenvalue weighted by atomic mass is 35.5. The summed E-state index contributed by atoms with van der Waals surface area (Å²) in [5.74, 6) is -0.103. The van der Waals surface area contributed by atoms with Crippen molar-refractivity contribution in [3.8, 4) is 0 Å². The number of rotatable bonds is 4. The van der Waals surface area contributed by atoms with E-state index in [2.05, 4.69) is 22.8 Å². The molecule has 122 valence electrons. The Hall–Kier alpha value is -2.52. The number of carbonyl (C=O) groups excluding carboxylic acids is 1. The van der Waals surface area contributed by atoms with Crippen molar-refractivity contribution in [2.24, 2.45) is 0 Å². The summed E-state index contributed by atoms with van der Waals surface area (Å²) in [6.45, 7) is 3.73. The molecule has 2 N–H and O–H groups in total. The summed E-state index contributed by atoms with van der Waals surface area (Å²) in [5, 5.41) is 9.12. The van der Waals surface area contributed by atoms with Gasteiger partial charge in [0.05, 0.1) is 0 Å². The normalized spacial score (nSPS) is 12.0. The van der Waals surface area contributed by atoms with Crippen molar-refractivity contribution in [3.05, 3.63) is 71.2 Å². The van der Waals surface area contributed by atoms with Gasteiger partial charge in [0.15, 0.2) is 0 Å². The highest BCUT2D eigenvalue weighted by Gasteiger charge is 2.14. The Kier molecular flexibility index (Phi) is 4.72. The van der Waals surface area contributed by atoms with E-state index < -0.39 is 0 Å². The van der Waals surface area contributed by atoms with Crippen LogP contribution in [0.3, 0.4) is 0 Å². The van der Waals surface area contributed by atoms with Gasteiger partial charge in [-0.15, -0.1) is 0 Å². The molecule has 0 saturated heterocycles. The Balaban J connectivity index is 1.72. The van der Waals surface area contributed by atoms with Gasteiger partial charge in [0.2, 0.25) is 5.91 Å². The van der Waals surface area contributed by atoms with E-state index in [0.29, 0.717) is 5.02 Å². The molecule has 0 heterocycles. The number of halogens is 1. The van der Waals surface area contributed by atoms with E-state index in [-0.39, 0.29) is 11.9 Å². The molecule has 3 aromatic rings. The number of anilines is 2. The number of carbonyl (C=O) groups is 1. The van der Waals surface area contributed by atoms with Gasteiger partial charge in [0.1, 0.15) is 6.04 Å². The van der Waals surface area contributed by atoms with Crippen molar-refractivity contribution in [2.75, 3.05) is 10.6 Å². The van der Waals surface area contributed by atoms with E-state index in [9.17, 15) is 4.79 Å². The molecule has 0 fully saturated rings. The van der Waals surface area contributed by atoms with Crippen LogP contribution in [0.15, 0.2) is 60.7 Å². The molecule has 3 rings (SSSR count). The summed E-state index contributed by atoms with van der Waals surface area (Å²) >= 11 is 6.10. The van der Waals surface area contributed by atoms with Crippen molar-refractivity contribution in [1.29, 1.82) is 0 Å². The zero-order valence-electron chi connectivity index (χ0n) is 13.6. The van der Waals surface area contributed by atoms with Gasteiger partial charge in [-0.25, -0.2) is 0 Å². The molecule has 24 heavy (non-hydrogen) atoms. The van der Waals surface area contributed by atoms with Crippen molar-refractivity contribution >= 4 is 39.7 Å². The van der Waals surface area contributed by atoms with Gasteiger partial charge in [-0.2, -0.15) is 0 Å². The zero-order chi connectivity index (χ0) is 17.1. The largest absolute Gasteiger partial charge is 0.374 e. The Labute approximate surface area is 146 Å². The van der Waals surface area contributed by atoms with Gasteiger partial charge in [-0.05, 0) is 54.4 Å². The first-order valence-electron chi connectivity index (χ1n) is 7.86. The van der Waals surface area contributed by atoms with E-state index in [1.54, 1.807) is 0 Å². The van der Waals surface area contributed by atoms with Gasteiger partial charge in [0.25, 0.3) is 0 Å². The molecule has 0 aliphatic rings. The standard InChI is InChI=1S/C20H19ClN2O/c1-13-18(21)8-5-9-19(13)23-20(24)14(2)22-17-11-10-15-6-3-4-7-16(15)12-17/h3-12,14,22H,1-2H3,(H,23,24). The van der Waals surface area contributed by atoms with Crippen LogP contribution in [0.4, 0.5) is 11.4 Å². The van der Waals surface area contributed by atoms with Crippen LogP contribution in [0.2, 0.25) is 5.02 Å². The van der Waals surface area contributed by atoms with Crippen molar-refractivity contribution < 1.29 is 4.79 Å². The number of benzene rings is 3. The fourth-order valence-corrected chi connectivity index (χ4v) is 2.75. The van der Waals surface area contributed by atoms with Crippen molar-refractivity contribution in [3.63, 3.8) is 0 Å². The van der Waals surface area contributed by atoms with Crippen LogP contribution >= 0.6 is 11.6 Å². The lowest BCUT2D eigenvalue weighted by Crippen LogP contribution is -2.32. The van der Waals surface area contributed by atoms with Crippen LogP contribution in [0.1, 0.15) is 12.5 Å². The molecule has 1 unspecified atom stereocenters. The maximum Gasteiger partial charge on any atom is 0.246 e. The molecule has 3 nitrogen and oxygen atoms in total. The molecule has 0 radical (unpaired) electrons. The highest BCUT2D eigenvalue weighted by Crippen LogP contribution is 2.23. The SMILES string of the molecule is Cc1c(Cl)cccc1NC(=O)C(C)Nc1ccc2ccccc2c1. The Bertz CT molecular complexity index is 892. The van der Waals surface area contributed by atoms with Gasteiger partial charge >= 0.3 is 0 Å². The minimum atomic E-state index is -0.371. The molecule has 4 heteroatoms. The summed E-state index contributed by atoms with van der Waals surface area (Å²) in [5.41, 5.74) is 2.52. The lowest BCUT2D eigenvalue weighted by molar-refractivity contribution is -0.116. The Morgan fingerprint density at radius 2 is 1.75 bits per heavy atom. The maximum atomic E-state index is 12.4. The van der Waals surface area contributed by atoms with E-state index in [0.717, 1.165) is 22.3 Å². The molecule has 1 atom stereocenters. The lowest BCUT2D eigenvalue weighted by Gasteiger charge is -2.17. The number of fused-ring (bicyclic) bond motifs is 1. The second-order valence-corrected chi connectivity index (χ2v) is 6.24. The van der Waals surface area contributed by atoms with Crippen LogP contribution in [-0.2, 0) is 4.79 Å². The van der Waals surface area contributed by atoms with Gasteiger partial charge in [-0.3, -0.25) is 4.79 Å². The molecule has 0 aromatic heterocycles. The lowest BCUT2D eigenvalue weighted by atomic mass is 10.1. The summed E-state index contributed by atoms with van der Waals surface area (Å²) in [4.78, 5) is 12.4. The highest BCUT2D eigenvalue weighted by molar-refractivity contribution is 6.31. The van der Waals surface area contributed by atoms with Crippen LogP contribution in [0.5, 0.6) is 0 Å². The summed E-state index contributed by atoms with van der Waals surface area (Å²) in [6.07, 6.45) is 0. The van der Waals surface area contributed by atoms with E-state index in [4.69, 9.17) is 11.6 Å². The minimum Gasteiger partial charge on any atom is -0.374 e. The summed E-state index contributed by atoms with van der Waals surface area (Å²) in [6, 6.07) is 19.3. The molecular formula is C20H19ClN2O. The minimum absolute atomic E-state index is 0.103.